The second-order valence-corrected chi connectivity index (χ2v) is 5.92. The van der Waals surface area contributed by atoms with Gasteiger partial charge in [0.15, 0.2) is 0 Å². The lowest BCUT2D eigenvalue weighted by Crippen LogP contribution is -2.41. The summed E-state index contributed by atoms with van der Waals surface area (Å²) in [6.07, 6.45) is 3.93. The number of nitrogens with zero attached hydrogens (tertiary/aromatic N) is 3. The largest absolute Gasteiger partial charge is 0.353 e. The number of likely N-dealkylation sites (tertiary alicyclic amines) is 1. The van der Waals surface area contributed by atoms with Crippen molar-refractivity contribution in [1.29, 1.82) is 0 Å². The zero-order chi connectivity index (χ0) is 13.8. The molecule has 1 atom stereocenters. The zero-order valence-corrected chi connectivity index (χ0v) is 12.6. The molecule has 0 amide bonds. The van der Waals surface area contributed by atoms with Crippen LogP contribution in [0.25, 0.3) is 0 Å². The molecule has 0 saturated carbocycles. The van der Waals surface area contributed by atoms with Crippen LogP contribution in [0.15, 0.2) is 6.07 Å². The van der Waals surface area contributed by atoms with Crippen molar-refractivity contribution in [3.05, 3.63) is 17.5 Å². The Kier molecular flexibility index (Phi) is 4.75. The van der Waals surface area contributed by atoms with Gasteiger partial charge in [-0.3, -0.25) is 0 Å². The third-order valence-corrected chi connectivity index (χ3v) is 3.88. The predicted molar refractivity (Wildman–Crippen MR) is 79.6 cm³/mol. The first-order chi connectivity index (χ1) is 9.06. The van der Waals surface area contributed by atoms with Crippen molar-refractivity contribution < 1.29 is 0 Å². The molecule has 0 bridgehead atoms. The number of rotatable bonds is 4. The zero-order valence-electron chi connectivity index (χ0n) is 12.6. The van der Waals surface area contributed by atoms with E-state index in [4.69, 9.17) is 0 Å². The fraction of sp³-hybridized carbons (Fsp3) is 0.733. The Morgan fingerprint density at radius 3 is 2.84 bits per heavy atom. The molecule has 4 heteroatoms. The molecule has 4 nitrogen and oxygen atoms in total. The molecule has 1 aromatic rings. The van der Waals surface area contributed by atoms with Gasteiger partial charge in [-0.05, 0) is 45.3 Å². The molecule has 0 spiro atoms. The van der Waals surface area contributed by atoms with E-state index >= 15 is 0 Å². The van der Waals surface area contributed by atoms with E-state index in [-0.39, 0.29) is 0 Å². The van der Waals surface area contributed by atoms with Crippen LogP contribution >= 0.6 is 0 Å². The van der Waals surface area contributed by atoms with E-state index in [0.29, 0.717) is 12.0 Å². The maximum atomic E-state index is 4.60. The van der Waals surface area contributed by atoms with Crippen molar-refractivity contribution >= 4 is 5.95 Å². The van der Waals surface area contributed by atoms with Gasteiger partial charge < -0.3 is 10.2 Å². The van der Waals surface area contributed by atoms with Crippen molar-refractivity contribution in [3.63, 3.8) is 0 Å². The maximum Gasteiger partial charge on any atom is 0.223 e. The molecule has 0 radical (unpaired) electrons. The van der Waals surface area contributed by atoms with Crippen LogP contribution in [-0.4, -0.2) is 41.0 Å². The fourth-order valence-corrected chi connectivity index (χ4v) is 2.58. The normalized spacial score (nSPS) is 20.8. The molecule has 19 heavy (non-hydrogen) atoms. The minimum atomic E-state index is 0.444. The predicted octanol–water partition coefficient (Wildman–Crippen LogP) is 2.80. The monoisotopic (exact) mass is 262 g/mol. The third kappa shape index (κ3) is 3.90. The second-order valence-electron chi connectivity index (χ2n) is 5.92. The van der Waals surface area contributed by atoms with Gasteiger partial charge in [-0.25, -0.2) is 9.97 Å². The van der Waals surface area contributed by atoms with E-state index in [2.05, 4.69) is 47.1 Å². The first-order valence-electron chi connectivity index (χ1n) is 7.36. The highest BCUT2D eigenvalue weighted by atomic mass is 15.2. The Hall–Kier alpha value is -1.16. The molecule has 1 aliphatic rings. The SMILES string of the molecule is Cc1cc(C(C)C)nc(NCC2CCCCN2C)n1. The molecule has 1 N–H and O–H groups in total. The summed E-state index contributed by atoms with van der Waals surface area (Å²) in [4.78, 5) is 11.5. The van der Waals surface area contributed by atoms with Gasteiger partial charge in [-0.1, -0.05) is 20.3 Å². The van der Waals surface area contributed by atoms with Crippen LogP contribution in [0.2, 0.25) is 0 Å². The highest BCUT2D eigenvalue weighted by Gasteiger charge is 2.18. The van der Waals surface area contributed by atoms with Crippen molar-refractivity contribution in [2.45, 2.75) is 52.0 Å². The van der Waals surface area contributed by atoms with Gasteiger partial charge in [0.2, 0.25) is 5.95 Å². The highest BCUT2D eigenvalue weighted by Crippen LogP contribution is 2.17. The number of likely N-dealkylation sites (N-methyl/N-ethyl adjacent to an activating group) is 1. The number of anilines is 1. The summed E-state index contributed by atoms with van der Waals surface area (Å²) in [5, 5.41) is 3.42. The standard InChI is InChI=1S/C15H26N4/c1-11(2)14-9-12(3)17-15(18-14)16-10-13-7-5-6-8-19(13)4/h9,11,13H,5-8,10H2,1-4H3,(H,16,17,18). The second kappa shape index (κ2) is 6.33. The smallest absolute Gasteiger partial charge is 0.223 e. The van der Waals surface area contributed by atoms with Crippen LogP contribution in [0.4, 0.5) is 5.95 Å². The van der Waals surface area contributed by atoms with E-state index in [0.717, 1.165) is 23.9 Å². The van der Waals surface area contributed by atoms with Crippen LogP contribution in [0.3, 0.4) is 0 Å². The third-order valence-electron chi connectivity index (χ3n) is 3.88. The van der Waals surface area contributed by atoms with Crippen LogP contribution in [-0.2, 0) is 0 Å². The van der Waals surface area contributed by atoms with Crippen molar-refractivity contribution in [1.82, 2.24) is 14.9 Å². The molecule has 0 aromatic carbocycles. The van der Waals surface area contributed by atoms with Crippen molar-refractivity contribution in [3.8, 4) is 0 Å². The molecule has 1 fully saturated rings. The number of aromatic nitrogens is 2. The summed E-state index contributed by atoms with van der Waals surface area (Å²) < 4.78 is 0. The molecule has 1 aliphatic heterocycles. The lowest BCUT2D eigenvalue weighted by molar-refractivity contribution is 0.194. The minimum Gasteiger partial charge on any atom is -0.353 e. The summed E-state index contributed by atoms with van der Waals surface area (Å²) in [5.74, 6) is 1.22. The lowest BCUT2D eigenvalue weighted by atomic mass is 10.0. The van der Waals surface area contributed by atoms with E-state index in [1.807, 2.05) is 6.92 Å². The van der Waals surface area contributed by atoms with Gasteiger partial charge in [-0.15, -0.1) is 0 Å². The number of aryl methyl sites for hydroxylation is 1. The first-order valence-corrected chi connectivity index (χ1v) is 7.36. The van der Waals surface area contributed by atoms with Crippen LogP contribution in [0.5, 0.6) is 0 Å². The van der Waals surface area contributed by atoms with Gasteiger partial charge in [0.1, 0.15) is 0 Å². The first kappa shape index (κ1) is 14.3. The number of hydrogen-bond donors (Lipinski definition) is 1. The molecular weight excluding hydrogens is 236 g/mol. The molecule has 1 unspecified atom stereocenters. The van der Waals surface area contributed by atoms with Gasteiger partial charge in [0.25, 0.3) is 0 Å². The van der Waals surface area contributed by atoms with Crippen LogP contribution < -0.4 is 5.32 Å². The van der Waals surface area contributed by atoms with E-state index in [9.17, 15) is 0 Å². The number of hydrogen-bond acceptors (Lipinski definition) is 4. The molecule has 1 aromatic heterocycles. The Labute approximate surface area is 116 Å². The molecule has 2 heterocycles. The Bertz CT molecular complexity index is 417. The Morgan fingerprint density at radius 1 is 1.37 bits per heavy atom. The van der Waals surface area contributed by atoms with Crippen LogP contribution in [0.1, 0.15) is 50.4 Å². The van der Waals surface area contributed by atoms with E-state index in [1.54, 1.807) is 0 Å². The average Bonchev–Trinajstić information content (AvgIpc) is 2.37. The lowest BCUT2D eigenvalue weighted by Gasteiger charge is -2.32. The molecular formula is C15H26N4. The molecule has 1 saturated heterocycles. The van der Waals surface area contributed by atoms with E-state index < -0.39 is 0 Å². The Morgan fingerprint density at radius 2 is 2.16 bits per heavy atom. The average molecular weight is 262 g/mol. The summed E-state index contributed by atoms with van der Waals surface area (Å²) in [6, 6.07) is 2.68. The van der Waals surface area contributed by atoms with Crippen molar-refractivity contribution in [2.24, 2.45) is 0 Å². The summed E-state index contributed by atoms with van der Waals surface area (Å²) in [5.41, 5.74) is 2.16. The maximum absolute atomic E-state index is 4.60. The Balaban J connectivity index is 1.98. The quantitative estimate of drug-likeness (QED) is 0.906. The van der Waals surface area contributed by atoms with Gasteiger partial charge in [0, 0.05) is 24.0 Å². The fourth-order valence-electron chi connectivity index (χ4n) is 2.58. The minimum absolute atomic E-state index is 0.444. The summed E-state index contributed by atoms with van der Waals surface area (Å²) >= 11 is 0. The summed E-state index contributed by atoms with van der Waals surface area (Å²) in [6.45, 7) is 8.52. The molecule has 0 aliphatic carbocycles. The highest BCUT2D eigenvalue weighted by molar-refractivity contribution is 5.29. The van der Waals surface area contributed by atoms with Gasteiger partial charge in [0.05, 0.1) is 0 Å². The van der Waals surface area contributed by atoms with Gasteiger partial charge in [-0.2, -0.15) is 0 Å². The number of nitrogens with one attached hydrogen (secondary N) is 1. The van der Waals surface area contributed by atoms with Crippen LogP contribution in [0, 0.1) is 6.92 Å². The molecule has 2 rings (SSSR count). The van der Waals surface area contributed by atoms with Crippen molar-refractivity contribution in [2.75, 3.05) is 25.5 Å². The van der Waals surface area contributed by atoms with E-state index in [1.165, 1.54) is 25.8 Å². The topological polar surface area (TPSA) is 41.1 Å². The molecule has 106 valence electrons. The summed E-state index contributed by atoms with van der Waals surface area (Å²) in [7, 11) is 2.21. The van der Waals surface area contributed by atoms with Gasteiger partial charge >= 0.3 is 0 Å². The number of piperidine rings is 1.